The number of hydrogen-bond acceptors (Lipinski definition) is 5. The van der Waals surface area contributed by atoms with Gasteiger partial charge in [-0.05, 0) is 17.7 Å². The average molecular weight is 326 g/mol. The van der Waals surface area contributed by atoms with Crippen LogP contribution in [-0.2, 0) is 10.1 Å². The van der Waals surface area contributed by atoms with Gasteiger partial charge in [-0.15, -0.1) is 11.3 Å². The van der Waals surface area contributed by atoms with E-state index >= 15 is 0 Å². The summed E-state index contributed by atoms with van der Waals surface area (Å²) in [5.41, 5.74) is 0.808. The van der Waals surface area contributed by atoms with Crippen molar-refractivity contribution in [2.24, 2.45) is 0 Å². The lowest BCUT2D eigenvalue weighted by Gasteiger charge is -2.13. The van der Waals surface area contributed by atoms with Crippen LogP contribution in [0.5, 0.6) is 11.5 Å². The van der Waals surface area contributed by atoms with E-state index in [1.165, 1.54) is 12.1 Å². The molecular formula is C14H14O5S2. The minimum absolute atomic E-state index is 0.104. The van der Waals surface area contributed by atoms with Crippen LogP contribution in [0.3, 0.4) is 0 Å². The maximum atomic E-state index is 10.6. The molecule has 7 heteroatoms. The molecular weight excluding hydrogens is 312 g/mol. The summed E-state index contributed by atoms with van der Waals surface area (Å²) < 4.78 is 40.2. The molecule has 3 rings (SSSR count). The first-order valence-corrected chi connectivity index (χ1v) is 8.41. The van der Waals surface area contributed by atoms with Crippen molar-refractivity contribution < 1.29 is 22.4 Å². The fourth-order valence-electron chi connectivity index (χ4n) is 1.56. The largest absolute Gasteiger partial charge is 0.485 e. The van der Waals surface area contributed by atoms with Crippen molar-refractivity contribution in [3.63, 3.8) is 0 Å². The molecule has 0 saturated carbocycles. The summed E-state index contributed by atoms with van der Waals surface area (Å²) in [5.74, 6) is 1.79. The van der Waals surface area contributed by atoms with Gasteiger partial charge in [0.15, 0.2) is 11.5 Å². The molecule has 0 unspecified atom stereocenters. The molecule has 0 amide bonds. The fourth-order valence-corrected chi connectivity index (χ4v) is 2.73. The standard InChI is InChI=1S/C8H8O3S.C6H6O2S/c1-2-7-3-5-8(6-4-7)12(9,10)11;1-2-8-6-4-9-3-5(6)7-1/h2-6H,1H2,(H,9,10,11);3-4H,1-2H2. The molecule has 2 aromatic rings. The van der Waals surface area contributed by atoms with Gasteiger partial charge >= 0.3 is 0 Å². The van der Waals surface area contributed by atoms with Gasteiger partial charge in [0.25, 0.3) is 10.1 Å². The zero-order chi connectivity index (χ0) is 15.3. The second kappa shape index (κ2) is 6.75. The number of ether oxygens (including phenoxy) is 2. The molecule has 1 aliphatic heterocycles. The third kappa shape index (κ3) is 4.32. The first-order valence-electron chi connectivity index (χ1n) is 6.02. The minimum atomic E-state index is -4.06. The molecule has 1 N–H and O–H groups in total. The van der Waals surface area contributed by atoms with Gasteiger partial charge in [0.2, 0.25) is 0 Å². The Morgan fingerprint density at radius 2 is 1.62 bits per heavy atom. The van der Waals surface area contributed by atoms with Gasteiger partial charge in [-0.1, -0.05) is 24.8 Å². The molecule has 0 aliphatic carbocycles. The van der Waals surface area contributed by atoms with Gasteiger partial charge in [0.1, 0.15) is 13.2 Å². The predicted octanol–water partition coefficient (Wildman–Crippen LogP) is 3.10. The first-order chi connectivity index (χ1) is 10.0. The van der Waals surface area contributed by atoms with E-state index in [9.17, 15) is 8.42 Å². The summed E-state index contributed by atoms with van der Waals surface area (Å²) in [7, 11) is -4.06. The highest BCUT2D eigenvalue weighted by Gasteiger charge is 2.10. The Morgan fingerprint density at radius 1 is 1.10 bits per heavy atom. The van der Waals surface area contributed by atoms with Crippen molar-refractivity contribution in [2.45, 2.75) is 4.90 Å². The molecule has 1 aromatic heterocycles. The van der Waals surface area contributed by atoms with Gasteiger partial charge in [0, 0.05) is 10.8 Å². The smallest absolute Gasteiger partial charge is 0.294 e. The summed E-state index contributed by atoms with van der Waals surface area (Å²) in [4.78, 5) is -0.104. The van der Waals surface area contributed by atoms with Crippen LogP contribution < -0.4 is 9.47 Å². The monoisotopic (exact) mass is 326 g/mol. The predicted molar refractivity (Wildman–Crippen MR) is 81.7 cm³/mol. The van der Waals surface area contributed by atoms with E-state index in [0.717, 1.165) is 17.1 Å². The van der Waals surface area contributed by atoms with Crippen molar-refractivity contribution in [3.05, 3.63) is 47.2 Å². The molecule has 0 radical (unpaired) electrons. The molecule has 2 heterocycles. The molecule has 0 saturated heterocycles. The average Bonchev–Trinajstić information content (AvgIpc) is 2.95. The molecule has 0 fully saturated rings. The highest BCUT2D eigenvalue weighted by atomic mass is 32.2. The van der Waals surface area contributed by atoms with Gasteiger partial charge in [-0.2, -0.15) is 8.42 Å². The van der Waals surface area contributed by atoms with E-state index in [4.69, 9.17) is 14.0 Å². The van der Waals surface area contributed by atoms with Crippen LogP contribution in [0.25, 0.3) is 6.08 Å². The highest BCUT2D eigenvalue weighted by molar-refractivity contribution is 7.85. The summed E-state index contributed by atoms with van der Waals surface area (Å²) >= 11 is 1.61. The van der Waals surface area contributed by atoms with Crippen LogP contribution in [0, 0.1) is 0 Å². The van der Waals surface area contributed by atoms with Crippen LogP contribution in [0.2, 0.25) is 0 Å². The summed E-state index contributed by atoms with van der Waals surface area (Å²) in [5, 5.41) is 3.91. The number of hydrogen-bond donors (Lipinski definition) is 1. The van der Waals surface area contributed by atoms with E-state index in [1.807, 2.05) is 10.8 Å². The summed E-state index contributed by atoms with van der Waals surface area (Å²) in [6, 6.07) is 5.78. The van der Waals surface area contributed by atoms with Crippen LogP contribution in [0.15, 0.2) is 46.5 Å². The lowest BCUT2D eigenvalue weighted by Crippen LogP contribution is -2.13. The van der Waals surface area contributed by atoms with Crippen molar-refractivity contribution in [3.8, 4) is 11.5 Å². The van der Waals surface area contributed by atoms with E-state index in [0.29, 0.717) is 13.2 Å². The third-order valence-electron chi connectivity index (χ3n) is 2.61. The van der Waals surface area contributed by atoms with E-state index in [1.54, 1.807) is 29.5 Å². The highest BCUT2D eigenvalue weighted by Crippen LogP contribution is 2.33. The van der Waals surface area contributed by atoms with Crippen molar-refractivity contribution in [1.29, 1.82) is 0 Å². The van der Waals surface area contributed by atoms with Crippen LogP contribution in [0.1, 0.15) is 5.56 Å². The van der Waals surface area contributed by atoms with Crippen LogP contribution >= 0.6 is 11.3 Å². The number of benzene rings is 1. The number of thiophene rings is 1. The van der Waals surface area contributed by atoms with Crippen molar-refractivity contribution in [1.82, 2.24) is 0 Å². The third-order valence-corrected chi connectivity index (χ3v) is 4.17. The molecule has 0 atom stereocenters. The molecule has 5 nitrogen and oxygen atoms in total. The molecule has 21 heavy (non-hydrogen) atoms. The molecule has 1 aliphatic rings. The lowest BCUT2D eigenvalue weighted by molar-refractivity contribution is 0.173. The summed E-state index contributed by atoms with van der Waals surface area (Å²) in [6.07, 6.45) is 1.59. The normalized spacial score (nSPS) is 13.0. The SMILES string of the molecule is C=Cc1ccc(S(=O)(=O)O)cc1.c1scc2c1OCCO2. The Kier molecular flexibility index (Phi) is 5.00. The molecule has 112 valence electrons. The van der Waals surface area contributed by atoms with Gasteiger partial charge in [-0.3, -0.25) is 4.55 Å². The minimum Gasteiger partial charge on any atom is -0.485 e. The molecule has 0 spiro atoms. The second-order valence-corrected chi connectivity index (χ2v) is 6.21. The van der Waals surface area contributed by atoms with E-state index < -0.39 is 10.1 Å². The number of fused-ring (bicyclic) bond motifs is 1. The maximum absolute atomic E-state index is 10.6. The zero-order valence-electron chi connectivity index (χ0n) is 11.1. The lowest BCUT2D eigenvalue weighted by atomic mass is 10.2. The van der Waals surface area contributed by atoms with Crippen LogP contribution in [0.4, 0.5) is 0 Å². The Hall–Kier alpha value is -1.83. The van der Waals surface area contributed by atoms with E-state index in [-0.39, 0.29) is 4.90 Å². The Labute approximate surface area is 127 Å². The Balaban J connectivity index is 0.000000159. The van der Waals surface area contributed by atoms with Crippen LogP contribution in [-0.4, -0.2) is 26.2 Å². The Morgan fingerprint density at radius 3 is 2.05 bits per heavy atom. The molecule has 0 bridgehead atoms. The number of rotatable bonds is 2. The quantitative estimate of drug-likeness (QED) is 0.859. The summed E-state index contributed by atoms with van der Waals surface area (Å²) in [6.45, 7) is 4.88. The zero-order valence-corrected chi connectivity index (χ0v) is 12.7. The van der Waals surface area contributed by atoms with Gasteiger partial charge in [-0.25, -0.2) is 0 Å². The fraction of sp³-hybridized carbons (Fsp3) is 0.143. The van der Waals surface area contributed by atoms with E-state index in [2.05, 4.69) is 6.58 Å². The second-order valence-electron chi connectivity index (χ2n) is 4.05. The van der Waals surface area contributed by atoms with Crippen molar-refractivity contribution >= 4 is 27.5 Å². The van der Waals surface area contributed by atoms with Crippen molar-refractivity contribution in [2.75, 3.05) is 13.2 Å². The first kappa shape index (κ1) is 15.6. The molecule has 1 aromatic carbocycles. The Bertz CT molecular complexity index is 681. The topological polar surface area (TPSA) is 72.8 Å². The maximum Gasteiger partial charge on any atom is 0.294 e. The van der Waals surface area contributed by atoms with Gasteiger partial charge in [0.05, 0.1) is 4.90 Å². The van der Waals surface area contributed by atoms with Gasteiger partial charge < -0.3 is 9.47 Å².